The monoisotopic (exact) mass is 179 g/mol. The molecule has 0 aliphatic carbocycles. The fraction of sp³-hybridized carbons (Fsp3) is 0.333. The van der Waals surface area contributed by atoms with Gasteiger partial charge in [0.05, 0.1) is 0 Å². The first kappa shape index (κ1) is 9.51. The highest BCUT2D eigenvalue weighted by atomic mass is 16.1. The number of nitrogens with one attached hydrogen (secondary N) is 2. The molecule has 0 saturated heterocycles. The van der Waals surface area contributed by atoms with Gasteiger partial charge >= 0.3 is 0 Å². The standard InChI is InChI=1S/C9H13N3O/c1-3-11-8-6-7(4-5-12-8)9(13)10-2/h4-6H,3H2,1-2H3,(H,10,13)(H,11,12). The largest absolute Gasteiger partial charge is 0.370 e. The summed E-state index contributed by atoms with van der Waals surface area (Å²) in [6, 6.07) is 3.40. The summed E-state index contributed by atoms with van der Waals surface area (Å²) in [6.07, 6.45) is 1.61. The molecule has 0 unspecified atom stereocenters. The van der Waals surface area contributed by atoms with Crippen LogP contribution in [0.3, 0.4) is 0 Å². The summed E-state index contributed by atoms with van der Waals surface area (Å²) in [5.41, 5.74) is 0.619. The van der Waals surface area contributed by atoms with Gasteiger partial charge in [-0.15, -0.1) is 0 Å². The van der Waals surface area contributed by atoms with Gasteiger partial charge in [-0.1, -0.05) is 0 Å². The van der Waals surface area contributed by atoms with Crippen molar-refractivity contribution >= 4 is 11.7 Å². The maximum atomic E-state index is 11.2. The van der Waals surface area contributed by atoms with Crippen LogP contribution in [0.1, 0.15) is 17.3 Å². The van der Waals surface area contributed by atoms with E-state index >= 15 is 0 Å². The summed E-state index contributed by atoms with van der Waals surface area (Å²) in [5.74, 6) is 0.630. The zero-order chi connectivity index (χ0) is 9.68. The molecule has 0 aliphatic rings. The fourth-order valence-electron chi connectivity index (χ4n) is 0.994. The third-order valence-corrected chi connectivity index (χ3v) is 1.61. The fourth-order valence-corrected chi connectivity index (χ4v) is 0.994. The Hall–Kier alpha value is -1.58. The van der Waals surface area contributed by atoms with Crippen LogP contribution in [0.25, 0.3) is 0 Å². The third-order valence-electron chi connectivity index (χ3n) is 1.61. The average Bonchev–Trinajstić information content (AvgIpc) is 2.18. The van der Waals surface area contributed by atoms with Crippen LogP contribution in [0, 0.1) is 0 Å². The molecule has 1 aromatic heterocycles. The van der Waals surface area contributed by atoms with E-state index in [-0.39, 0.29) is 5.91 Å². The van der Waals surface area contributed by atoms with Crippen molar-refractivity contribution in [1.82, 2.24) is 10.3 Å². The molecule has 0 radical (unpaired) electrons. The molecule has 0 bridgehead atoms. The van der Waals surface area contributed by atoms with E-state index in [2.05, 4.69) is 15.6 Å². The number of nitrogens with zero attached hydrogens (tertiary/aromatic N) is 1. The van der Waals surface area contributed by atoms with Gasteiger partial charge < -0.3 is 10.6 Å². The van der Waals surface area contributed by atoms with Gasteiger partial charge in [0, 0.05) is 25.4 Å². The van der Waals surface area contributed by atoms with Crippen molar-refractivity contribution in [2.45, 2.75) is 6.92 Å². The maximum absolute atomic E-state index is 11.2. The smallest absolute Gasteiger partial charge is 0.251 e. The molecule has 0 fully saturated rings. The van der Waals surface area contributed by atoms with E-state index < -0.39 is 0 Å². The first-order chi connectivity index (χ1) is 6.27. The first-order valence-corrected chi connectivity index (χ1v) is 4.20. The van der Waals surface area contributed by atoms with E-state index in [1.165, 1.54) is 0 Å². The van der Waals surface area contributed by atoms with E-state index in [0.29, 0.717) is 5.56 Å². The number of hydrogen-bond acceptors (Lipinski definition) is 3. The van der Waals surface area contributed by atoms with Gasteiger partial charge in [0.2, 0.25) is 0 Å². The molecule has 13 heavy (non-hydrogen) atoms. The van der Waals surface area contributed by atoms with Crippen molar-refractivity contribution in [1.29, 1.82) is 0 Å². The molecular formula is C9H13N3O. The molecule has 0 aliphatic heterocycles. The van der Waals surface area contributed by atoms with Crippen LogP contribution in [-0.4, -0.2) is 24.5 Å². The predicted molar refractivity (Wildman–Crippen MR) is 51.8 cm³/mol. The minimum absolute atomic E-state index is 0.0958. The van der Waals surface area contributed by atoms with Gasteiger partial charge in [-0.25, -0.2) is 4.98 Å². The van der Waals surface area contributed by atoms with Gasteiger partial charge in [-0.05, 0) is 19.1 Å². The molecule has 2 N–H and O–H groups in total. The Bertz CT molecular complexity index is 299. The van der Waals surface area contributed by atoms with E-state index in [0.717, 1.165) is 12.4 Å². The van der Waals surface area contributed by atoms with Crippen molar-refractivity contribution in [3.63, 3.8) is 0 Å². The summed E-state index contributed by atoms with van der Waals surface area (Å²) in [6.45, 7) is 2.78. The van der Waals surface area contributed by atoms with Crippen molar-refractivity contribution in [2.75, 3.05) is 18.9 Å². The number of aromatic nitrogens is 1. The number of anilines is 1. The second kappa shape index (κ2) is 4.45. The molecule has 0 saturated carbocycles. The zero-order valence-electron chi connectivity index (χ0n) is 7.79. The number of amides is 1. The van der Waals surface area contributed by atoms with Crippen LogP contribution in [0.5, 0.6) is 0 Å². The molecule has 1 rings (SSSR count). The minimum atomic E-state index is -0.0958. The van der Waals surface area contributed by atoms with Gasteiger partial charge in [0.25, 0.3) is 5.91 Å². The van der Waals surface area contributed by atoms with Crippen LogP contribution in [-0.2, 0) is 0 Å². The summed E-state index contributed by atoms with van der Waals surface area (Å²) >= 11 is 0. The van der Waals surface area contributed by atoms with Crippen molar-refractivity contribution in [3.05, 3.63) is 23.9 Å². The van der Waals surface area contributed by atoms with Crippen molar-refractivity contribution in [3.8, 4) is 0 Å². The Morgan fingerprint density at radius 3 is 3.00 bits per heavy atom. The molecule has 0 aromatic carbocycles. The lowest BCUT2D eigenvalue weighted by Crippen LogP contribution is -2.18. The topological polar surface area (TPSA) is 54.0 Å². The van der Waals surface area contributed by atoms with E-state index in [4.69, 9.17) is 0 Å². The summed E-state index contributed by atoms with van der Waals surface area (Å²) in [5, 5.41) is 5.59. The average molecular weight is 179 g/mol. The molecule has 4 nitrogen and oxygen atoms in total. The van der Waals surface area contributed by atoms with Gasteiger partial charge in [-0.3, -0.25) is 4.79 Å². The summed E-state index contributed by atoms with van der Waals surface area (Å²) < 4.78 is 0. The highest BCUT2D eigenvalue weighted by Gasteiger charge is 2.02. The van der Waals surface area contributed by atoms with Crippen LogP contribution < -0.4 is 10.6 Å². The van der Waals surface area contributed by atoms with Crippen molar-refractivity contribution in [2.24, 2.45) is 0 Å². The van der Waals surface area contributed by atoms with Crippen LogP contribution in [0.15, 0.2) is 18.3 Å². The molecule has 1 heterocycles. The van der Waals surface area contributed by atoms with E-state index in [9.17, 15) is 4.79 Å². The second-order valence-electron chi connectivity index (χ2n) is 2.54. The van der Waals surface area contributed by atoms with Crippen LogP contribution >= 0.6 is 0 Å². The number of carbonyl (C=O) groups excluding carboxylic acids is 1. The predicted octanol–water partition coefficient (Wildman–Crippen LogP) is 0.873. The number of rotatable bonds is 3. The molecule has 4 heteroatoms. The Balaban J connectivity index is 2.85. The molecule has 1 aromatic rings. The molecule has 0 atom stereocenters. The Labute approximate surface area is 77.4 Å². The minimum Gasteiger partial charge on any atom is -0.370 e. The Morgan fingerprint density at radius 1 is 1.62 bits per heavy atom. The highest BCUT2D eigenvalue weighted by Crippen LogP contribution is 2.05. The highest BCUT2D eigenvalue weighted by molar-refractivity contribution is 5.94. The third kappa shape index (κ3) is 2.43. The first-order valence-electron chi connectivity index (χ1n) is 4.20. The Kier molecular flexibility index (Phi) is 3.25. The quantitative estimate of drug-likeness (QED) is 0.724. The lowest BCUT2D eigenvalue weighted by Gasteiger charge is -2.03. The Morgan fingerprint density at radius 2 is 2.38 bits per heavy atom. The molecule has 1 amide bonds. The lowest BCUT2D eigenvalue weighted by molar-refractivity contribution is 0.0963. The SMILES string of the molecule is CCNc1cc(C(=O)NC)ccn1. The summed E-state index contributed by atoms with van der Waals surface area (Å²) in [7, 11) is 1.61. The number of hydrogen-bond donors (Lipinski definition) is 2. The zero-order valence-corrected chi connectivity index (χ0v) is 7.79. The van der Waals surface area contributed by atoms with Crippen LogP contribution in [0.4, 0.5) is 5.82 Å². The van der Waals surface area contributed by atoms with E-state index in [1.54, 1.807) is 25.4 Å². The molecule has 70 valence electrons. The van der Waals surface area contributed by atoms with Crippen molar-refractivity contribution < 1.29 is 4.79 Å². The van der Waals surface area contributed by atoms with Crippen LogP contribution in [0.2, 0.25) is 0 Å². The summed E-state index contributed by atoms with van der Waals surface area (Å²) in [4.78, 5) is 15.3. The van der Waals surface area contributed by atoms with Gasteiger partial charge in [0.15, 0.2) is 0 Å². The lowest BCUT2D eigenvalue weighted by atomic mass is 10.2. The second-order valence-corrected chi connectivity index (χ2v) is 2.54. The molecule has 0 spiro atoms. The van der Waals surface area contributed by atoms with Gasteiger partial charge in [-0.2, -0.15) is 0 Å². The van der Waals surface area contributed by atoms with E-state index in [1.807, 2.05) is 6.92 Å². The van der Waals surface area contributed by atoms with Gasteiger partial charge in [0.1, 0.15) is 5.82 Å². The maximum Gasteiger partial charge on any atom is 0.251 e. The number of carbonyl (C=O) groups is 1. The molecular weight excluding hydrogens is 166 g/mol. The normalized spacial score (nSPS) is 9.38. The number of pyridine rings is 1.